The fraction of sp³-hybridized carbons (Fsp3) is 0.455. The molecule has 8 heteroatoms. The molecule has 0 aromatic heterocycles. The van der Waals surface area contributed by atoms with Gasteiger partial charge in [0.1, 0.15) is 24.0 Å². The molecule has 104 valence electrons. The highest BCUT2D eigenvalue weighted by Crippen LogP contribution is 2.28. The van der Waals surface area contributed by atoms with Crippen molar-refractivity contribution in [2.75, 3.05) is 11.9 Å². The summed E-state index contributed by atoms with van der Waals surface area (Å²) >= 11 is 0. The summed E-state index contributed by atoms with van der Waals surface area (Å²) in [6.45, 7) is -0.451. The molecule has 4 N–H and O–H groups in total. The van der Waals surface area contributed by atoms with E-state index in [1.165, 1.54) is 18.2 Å². The van der Waals surface area contributed by atoms with Gasteiger partial charge in [0.05, 0.1) is 11.5 Å². The molecule has 0 saturated carbocycles. The van der Waals surface area contributed by atoms with Crippen molar-refractivity contribution in [1.82, 2.24) is 0 Å². The van der Waals surface area contributed by atoms with Crippen molar-refractivity contribution in [3.05, 3.63) is 34.4 Å². The van der Waals surface area contributed by atoms with Crippen LogP contribution in [0, 0.1) is 10.1 Å². The van der Waals surface area contributed by atoms with Gasteiger partial charge in [-0.25, -0.2) is 0 Å². The second kappa shape index (κ2) is 5.49. The highest BCUT2D eigenvalue weighted by atomic mass is 16.6. The van der Waals surface area contributed by atoms with Crippen molar-refractivity contribution in [2.45, 2.75) is 24.5 Å². The molecular formula is C11H14N2O6. The maximum Gasteiger partial charge on any atom is 0.292 e. The zero-order valence-electron chi connectivity index (χ0n) is 9.84. The first-order valence-corrected chi connectivity index (χ1v) is 5.67. The van der Waals surface area contributed by atoms with Crippen molar-refractivity contribution in [3.8, 4) is 0 Å². The number of benzene rings is 1. The van der Waals surface area contributed by atoms with Crippen LogP contribution in [0.5, 0.6) is 0 Å². The lowest BCUT2D eigenvalue weighted by atomic mass is 10.1. The normalized spacial score (nSPS) is 30.3. The molecule has 0 spiro atoms. The third-order valence-corrected chi connectivity index (χ3v) is 2.94. The van der Waals surface area contributed by atoms with E-state index in [0.717, 1.165) is 0 Å². The summed E-state index contributed by atoms with van der Waals surface area (Å²) in [4.78, 5) is 10.3. The Morgan fingerprint density at radius 2 is 2.00 bits per heavy atom. The summed E-state index contributed by atoms with van der Waals surface area (Å²) in [5.74, 6) is 0. The van der Waals surface area contributed by atoms with Crippen molar-refractivity contribution in [1.29, 1.82) is 0 Å². The van der Waals surface area contributed by atoms with E-state index < -0.39 is 36.1 Å². The Hall–Kier alpha value is -1.74. The molecule has 0 aliphatic carbocycles. The number of nitrogens with one attached hydrogen (secondary N) is 1. The van der Waals surface area contributed by atoms with Crippen LogP contribution in [0.4, 0.5) is 11.4 Å². The second-order valence-electron chi connectivity index (χ2n) is 4.18. The third kappa shape index (κ3) is 2.66. The molecule has 2 rings (SSSR count). The molecule has 1 aliphatic rings. The number of anilines is 1. The van der Waals surface area contributed by atoms with E-state index in [1.807, 2.05) is 0 Å². The van der Waals surface area contributed by atoms with Crippen molar-refractivity contribution >= 4 is 11.4 Å². The van der Waals surface area contributed by atoms with Crippen molar-refractivity contribution in [3.63, 3.8) is 0 Å². The second-order valence-corrected chi connectivity index (χ2v) is 4.18. The lowest BCUT2D eigenvalue weighted by Gasteiger charge is -2.17. The zero-order valence-corrected chi connectivity index (χ0v) is 9.84. The maximum absolute atomic E-state index is 10.8. The van der Waals surface area contributed by atoms with Crippen LogP contribution in [0.25, 0.3) is 0 Å². The minimum absolute atomic E-state index is 0.166. The Labute approximate surface area is 108 Å². The van der Waals surface area contributed by atoms with E-state index in [1.54, 1.807) is 6.07 Å². The lowest BCUT2D eigenvalue weighted by Crippen LogP contribution is -2.36. The first kappa shape index (κ1) is 13.7. The van der Waals surface area contributed by atoms with Gasteiger partial charge in [0.25, 0.3) is 5.69 Å². The van der Waals surface area contributed by atoms with Crippen molar-refractivity contribution in [2.24, 2.45) is 0 Å². The van der Waals surface area contributed by atoms with Crippen LogP contribution in [0.15, 0.2) is 24.3 Å². The van der Waals surface area contributed by atoms with E-state index in [-0.39, 0.29) is 11.4 Å². The number of ether oxygens (including phenoxy) is 1. The van der Waals surface area contributed by atoms with Crippen molar-refractivity contribution < 1.29 is 25.0 Å². The molecule has 0 bridgehead atoms. The Morgan fingerprint density at radius 1 is 1.32 bits per heavy atom. The van der Waals surface area contributed by atoms with Gasteiger partial charge >= 0.3 is 0 Å². The summed E-state index contributed by atoms with van der Waals surface area (Å²) in [5.41, 5.74) is 0.00239. The van der Waals surface area contributed by atoms with Gasteiger partial charge in [-0.3, -0.25) is 10.1 Å². The molecule has 19 heavy (non-hydrogen) atoms. The average Bonchev–Trinajstić information content (AvgIpc) is 2.67. The van der Waals surface area contributed by atoms with Gasteiger partial charge in [0, 0.05) is 6.07 Å². The Morgan fingerprint density at radius 3 is 2.58 bits per heavy atom. The number of nitro groups is 1. The van der Waals surface area contributed by atoms with Crippen LogP contribution in [-0.4, -0.2) is 51.4 Å². The number of rotatable bonds is 4. The predicted molar refractivity (Wildman–Crippen MR) is 64.5 cm³/mol. The number of aliphatic hydroxyl groups is 3. The molecule has 1 aromatic carbocycles. The van der Waals surface area contributed by atoms with Gasteiger partial charge < -0.3 is 25.4 Å². The highest BCUT2D eigenvalue weighted by molar-refractivity contribution is 5.61. The van der Waals surface area contributed by atoms with Gasteiger partial charge in [0.2, 0.25) is 0 Å². The number of aliphatic hydroxyl groups excluding tert-OH is 3. The number of nitrogens with zero attached hydrogens (tertiary/aromatic N) is 1. The molecule has 4 atom stereocenters. The molecule has 0 unspecified atom stereocenters. The van der Waals surface area contributed by atoms with Crippen LogP contribution >= 0.6 is 0 Å². The van der Waals surface area contributed by atoms with Gasteiger partial charge in [-0.05, 0) is 6.07 Å². The summed E-state index contributed by atoms with van der Waals surface area (Å²) < 4.78 is 5.19. The zero-order chi connectivity index (χ0) is 14.0. The van der Waals surface area contributed by atoms with E-state index in [2.05, 4.69) is 5.32 Å². The van der Waals surface area contributed by atoms with E-state index in [4.69, 9.17) is 9.84 Å². The van der Waals surface area contributed by atoms with E-state index in [0.29, 0.717) is 0 Å². The average molecular weight is 270 g/mol. The summed E-state index contributed by atoms with van der Waals surface area (Å²) in [7, 11) is 0. The molecule has 1 aromatic rings. The molecule has 0 radical (unpaired) electrons. The third-order valence-electron chi connectivity index (χ3n) is 2.94. The SMILES string of the molecule is O=[N+]([O-])c1ccccc1N[C@H]1O[C@@H](CO)[C@@H](O)[C@H]1O. The monoisotopic (exact) mass is 270 g/mol. The van der Waals surface area contributed by atoms with Gasteiger partial charge in [0.15, 0.2) is 6.23 Å². The van der Waals surface area contributed by atoms with E-state index >= 15 is 0 Å². The van der Waals surface area contributed by atoms with Crippen LogP contribution in [0.2, 0.25) is 0 Å². The Bertz CT molecular complexity index is 468. The maximum atomic E-state index is 10.8. The molecule has 1 fully saturated rings. The molecule has 1 aliphatic heterocycles. The largest absolute Gasteiger partial charge is 0.394 e. The fourth-order valence-electron chi connectivity index (χ4n) is 1.93. The predicted octanol–water partition coefficient (Wildman–Crippen LogP) is -0.554. The number of nitro benzene ring substituents is 1. The molecular weight excluding hydrogens is 256 g/mol. The smallest absolute Gasteiger partial charge is 0.292 e. The Balaban J connectivity index is 2.16. The summed E-state index contributed by atoms with van der Waals surface area (Å²) in [6.07, 6.45) is -4.47. The van der Waals surface area contributed by atoms with Gasteiger partial charge in [-0.1, -0.05) is 12.1 Å². The minimum atomic E-state index is -1.28. The summed E-state index contributed by atoms with van der Waals surface area (Å²) in [6, 6.07) is 5.88. The molecule has 1 heterocycles. The number of hydrogen-bond donors (Lipinski definition) is 4. The van der Waals surface area contributed by atoms with Crippen LogP contribution < -0.4 is 5.32 Å². The number of para-hydroxylation sites is 2. The van der Waals surface area contributed by atoms with Crippen LogP contribution in [0.1, 0.15) is 0 Å². The minimum Gasteiger partial charge on any atom is -0.394 e. The first-order valence-electron chi connectivity index (χ1n) is 5.67. The Kier molecular flexibility index (Phi) is 3.96. The van der Waals surface area contributed by atoms with Crippen LogP contribution in [-0.2, 0) is 4.74 Å². The summed E-state index contributed by atoms with van der Waals surface area (Å²) in [5, 5.41) is 41.7. The van der Waals surface area contributed by atoms with Gasteiger partial charge in [-0.2, -0.15) is 0 Å². The number of hydrogen-bond acceptors (Lipinski definition) is 7. The highest BCUT2D eigenvalue weighted by Gasteiger charge is 2.42. The molecule has 0 amide bonds. The quantitative estimate of drug-likeness (QED) is 0.427. The molecule has 8 nitrogen and oxygen atoms in total. The fourth-order valence-corrected chi connectivity index (χ4v) is 1.93. The standard InChI is InChI=1S/C11H14N2O6/c14-5-8-9(15)10(16)11(19-8)12-6-3-1-2-4-7(6)13(17)18/h1-4,8-12,14-16H,5H2/t8-,9+,10+,11-/m0/s1. The van der Waals surface area contributed by atoms with Crippen LogP contribution in [0.3, 0.4) is 0 Å². The molecule has 1 saturated heterocycles. The lowest BCUT2D eigenvalue weighted by molar-refractivity contribution is -0.384. The first-order chi connectivity index (χ1) is 9.04. The van der Waals surface area contributed by atoms with E-state index in [9.17, 15) is 20.3 Å². The topological polar surface area (TPSA) is 125 Å². The van der Waals surface area contributed by atoms with Gasteiger partial charge in [-0.15, -0.1) is 0 Å².